The minimum atomic E-state index is -0.292. The van der Waals surface area contributed by atoms with Crippen LogP contribution in [0.25, 0.3) is 0 Å². The molecule has 0 bridgehead atoms. The van der Waals surface area contributed by atoms with Gasteiger partial charge in [0.1, 0.15) is 11.5 Å². The van der Waals surface area contributed by atoms with Crippen LogP contribution in [0.1, 0.15) is 55.6 Å². The average molecular weight is 409 g/mol. The third kappa shape index (κ3) is 4.78. The number of para-hydroxylation sites is 1. The summed E-state index contributed by atoms with van der Waals surface area (Å²) in [5.41, 5.74) is 1.56. The zero-order chi connectivity index (χ0) is 20.9. The summed E-state index contributed by atoms with van der Waals surface area (Å²) in [6.45, 7) is 3.58. The van der Waals surface area contributed by atoms with E-state index in [2.05, 4.69) is 4.90 Å². The van der Waals surface area contributed by atoms with E-state index < -0.39 is 0 Å². The van der Waals surface area contributed by atoms with Gasteiger partial charge in [0.25, 0.3) is 0 Å². The van der Waals surface area contributed by atoms with Gasteiger partial charge >= 0.3 is 0 Å². The molecule has 160 valence electrons. The number of amides is 1. The summed E-state index contributed by atoms with van der Waals surface area (Å²) in [4.78, 5) is 17.9. The molecule has 1 aliphatic heterocycles. The lowest BCUT2D eigenvalue weighted by Gasteiger charge is -2.28. The van der Waals surface area contributed by atoms with Crippen LogP contribution in [0.4, 0.5) is 0 Å². The molecule has 1 aliphatic carbocycles. The van der Waals surface area contributed by atoms with E-state index in [-0.39, 0.29) is 29.7 Å². The number of hydrogen-bond acceptors (Lipinski definition) is 4. The van der Waals surface area contributed by atoms with Crippen LogP contribution in [0, 0.1) is 0 Å². The Hall–Kier alpha value is -2.53. The van der Waals surface area contributed by atoms with Crippen molar-refractivity contribution in [3.8, 4) is 11.5 Å². The third-order valence-corrected chi connectivity index (χ3v) is 6.69. The Morgan fingerprint density at radius 3 is 2.50 bits per heavy atom. The lowest BCUT2D eigenvalue weighted by atomic mass is 9.87. The number of nitrogens with zero attached hydrogens (tertiary/aromatic N) is 2. The van der Waals surface area contributed by atoms with E-state index in [9.17, 15) is 15.0 Å². The van der Waals surface area contributed by atoms with E-state index in [4.69, 9.17) is 0 Å². The molecule has 4 rings (SSSR count). The first kappa shape index (κ1) is 20.7. The smallest absolute Gasteiger partial charge is 0.223 e. The molecule has 2 aromatic carbocycles. The van der Waals surface area contributed by atoms with Crippen LogP contribution >= 0.6 is 0 Å². The van der Waals surface area contributed by atoms with Gasteiger partial charge in [-0.15, -0.1) is 0 Å². The van der Waals surface area contributed by atoms with Gasteiger partial charge in [-0.3, -0.25) is 9.69 Å². The first-order chi connectivity index (χ1) is 14.6. The second-order valence-electron chi connectivity index (χ2n) is 8.62. The summed E-state index contributed by atoms with van der Waals surface area (Å²) in [6, 6.07) is 14.9. The average Bonchev–Trinajstić information content (AvgIpc) is 3.17. The number of phenols is 2. The fourth-order valence-electron chi connectivity index (χ4n) is 5.06. The number of carbonyl (C=O) groups excluding carboxylic acids is 1. The van der Waals surface area contributed by atoms with Gasteiger partial charge in [0, 0.05) is 50.1 Å². The Morgan fingerprint density at radius 2 is 1.73 bits per heavy atom. The monoisotopic (exact) mass is 408 g/mol. The van der Waals surface area contributed by atoms with Crippen molar-refractivity contribution in [3.63, 3.8) is 0 Å². The standard InChI is InChI=1S/C25H32N2O3/c28-21-10-5-7-19(17-21)23(22-11-3-4-12-24(22)29)18-25(30)27-14-6-13-26(15-16-27)20-8-1-2-9-20/h3-5,7,10-12,17,20,23,28-29H,1-2,6,8-9,13-16,18H2/t23-/m1/s1. The molecular weight excluding hydrogens is 376 g/mol. The molecular formula is C25H32N2O3. The lowest BCUT2D eigenvalue weighted by molar-refractivity contribution is -0.131. The van der Waals surface area contributed by atoms with E-state index in [1.807, 2.05) is 23.1 Å². The Kier molecular flexibility index (Phi) is 6.58. The van der Waals surface area contributed by atoms with Crippen LogP contribution in [0.15, 0.2) is 48.5 Å². The zero-order valence-corrected chi connectivity index (χ0v) is 17.5. The number of benzene rings is 2. The highest BCUT2D eigenvalue weighted by Gasteiger charge is 2.28. The van der Waals surface area contributed by atoms with Crippen molar-refractivity contribution in [2.24, 2.45) is 0 Å². The minimum Gasteiger partial charge on any atom is -0.508 e. The van der Waals surface area contributed by atoms with Gasteiger partial charge in [0.15, 0.2) is 0 Å². The first-order valence-corrected chi connectivity index (χ1v) is 11.2. The van der Waals surface area contributed by atoms with Gasteiger partial charge in [-0.2, -0.15) is 0 Å². The Bertz CT molecular complexity index is 863. The quantitative estimate of drug-likeness (QED) is 0.782. The van der Waals surface area contributed by atoms with Gasteiger partial charge in [-0.25, -0.2) is 0 Å². The highest BCUT2D eigenvalue weighted by atomic mass is 16.3. The van der Waals surface area contributed by atoms with E-state index in [0.29, 0.717) is 6.04 Å². The molecule has 2 fully saturated rings. The highest BCUT2D eigenvalue weighted by Crippen LogP contribution is 2.35. The van der Waals surface area contributed by atoms with Gasteiger partial charge in [0.2, 0.25) is 5.91 Å². The van der Waals surface area contributed by atoms with Crippen LogP contribution in [0.5, 0.6) is 11.5 Å². The number of phenolic OH excluding ortho intramolecular Hbond substituents is 2. The third-order valence-electron chi connectivity index (χ3n) is 6.69. The molecule has 1 saturated carbocycles. The maximum absolute atomic E-state index is 13.3. The van der Waals surface area contributed by atoms with Gasteiger partial charge in [0.05, 0.1) is 0 Å². The minimum absolute atomic E-state index is 0.111. The summed E-state index contributed by atoms with van der Waals surface area (Å²) in [5.74, 6) is 0.170. The van der Waals surface area contributed by atoms with Crippen molar-refractivity contribution >= 4 is 5.91 Å². The summed E-state index contributed by atoms with van der Waals surface area (Å²) >= 11 is 0. The van der Waals surface area contributed by atoms with E-state index in [1.54, 1.807) is 30.3 Å². The predicted octanol–water partition coefficient (Wildman–Crippen LogP) is 4.10. The van der Waals surface area contributed by atoms with Gasteiger partial charge in [-0.05, 0) is 43.0 Å². The molecule has 1 heterocycles. The second kappa shape index (κ2) is 9.52. The van der Waals surface area contributed by atoms with Crippen LogP contribution in [-0.4, -0.2) is 58.1 Å². The Labute approximate surface area is 178 Å². The fourth-order valence-corrected chi connectivity index (χ4v) is 5.06. The molecule has 5 nitrogen and oxygen atoms in total. The maximum atomic E-state index is 13.3. The van der Waals surface area contributed by atoms with E-state index in [0.717, 1.165) is 43.7 Å². The SMILES string of the molecule is O=C(C[C@H](c1cccc(O)c1)c1ccccc1O)N1CCCN(C2CCCC2)CC1. The van der Waals surface area contributed by atoms with Crippen molar-refractivity contribution in [2.75, 3.05) is 26.2 Å². The molecule has 0 radical (unpaired) electrons. The molecule has 2 aliphatic rings. The predicted molar refractivity (Wildman–Crippen MR) is 118 cm³/mol. The molecule has 30 heavy (non-hydrogen) atoms. The molecule has 0 unspecified atom stereocenters. The molecule has 1 saturated heterocycles. The summed E-state index contributed by atoms with van der Waals surface area (Å²) in [5, 5.41) is 20.4. The van der Waals surface area contributed by atoms with Crippen LogP contribution in [0.3, 0.4) is 0 Å². The Balaban J connectivity index is 1.50. The molecule has 1 amide bonds. The summed E-state index contributed by atoms with van der Waals surface area (Å²) in [6.07, 6.45) is 6.54. The van der Waals surface area contributed by atoms with Crippen molar-refractivity contribution in [2.45, 2.75) is 50.5 Å². The van der Waals surface area contributed by atoms with E-state index >= 15 is 0 Å². The second-order valence-corrected chi connectivity index (χ2v) is 8.62. The van der Waals surface area contributed by atoms with Crippen molar-refractivity contribution in [1.29, 1.82) is 0 Å². The molecule has 2 N–H and O–H groups in total. The number of aromatic hydroxyl groups is 2. The first-order valence-electron chi connectivity index (χ1n) is 11.2. The number of hydrogen-bond donors (Lipinski definition) is 2. The van der Waals surface area contributed by atoms with Crippen LogP contribution < -0.4 is 0 Å². The molecule has 0 spiro atoms. The largest absolute Gasteiger partial charge is 0.508 e. The zero-order valence-electron chi connectivity index (χ0n) is 17.5. The fraction of sp³-hybridized carbons (Fsp3) is 0.480. The maximum Gasteiger partial charge on any atom is 0.223 e. The summed E-state index contributed by atoms with van der Waals surface area (Å²) < 4.78 is 0. The lowest BCUT2D eigenvalue weighted by Crippen LogP contribution is -2.38. The van der Waals surface area contributed by atoms with E-state index in [1.165, 1.54) is 25.7 Å². The molecule has 5 heteroatoms. The topological polar surface area (TPSA) is 64.0 Å². The molecule has 0 aromatic heterocycles. The van der Waals surface area contributed by atoms with Crippen LogP contribution in [0.2, 0.25) is 0 Å². The van der Waals surface area contributed by atoms with Crippen molar-refractivity contribution in [1.82, 2.24) is 9.80 Å². The normalized spacial score (nSPS) is 19.5. The molecule has 2 aromatic rings. The van der Waals surface area contributed by atoms with Crippen molar-refractivity contribution in [3.05, 3.63) is 59.7 Å². The van der Waals surface area contributed by atoms with Gasteiger partial charge in [-0.1, -0.05) is 43.2 Å². The summed E-state index contributed by atoms with van der Waals surface area (Å²) in [7, 11) is 0. The van der Waals surface area contributed by atoms with Crippen molar-refractivity contribution < 1.29 is 15.0 Å². The molecule has 1 atom stereocenters. The van der Waals surface area contributed by atoms with Crippen LogP contribution in [-0.2, 0) is 4.79 Å². The number of rotatable bonds is 5. The number of carbonyl (C=O) groups is 1. The van der Waals surface area contributed by atoms with Gasteiger partial charge < -0.3 is 15.1 Å². The Morgan fingerprint density at radius 1 is 0.933 bits per heavy atom. The highest BCUT2D eigenvalue weighted by molar-refractivity contribution is 5.78.